The highest BCUT2D eigenvalue weighted by atomic mass is 127. The molecule has 0 amide bonds. The molecule has 0 radical (unpaired) electrons. The summed E-state index contributed by atoms with van der Waals surface area (Å²) in [6.07, 6.45) is 0. The van der Waals surface area contributed by atoms with Gasteiger partial charge in [0.25, 0.3) is 8.32 Å². The smallest absolute Gasteiger partial charge is 0.264 e. The summed E-state index contributed by atoms with van der Waals surface area (Å²) < 4.78 is 24.4. The highest BCUT2D eigenvalue weighted by molar-refractivity contribution is 14.1. The summed E-state index contributed by atoms with van der Waals surface area (Å²) >= 11 is 2.29. The Hall–Kier alpha value is -0.773. The fourth-order valence-corrected chi connectivity index (χ4v) is 8.17. The lowest BCUT2D eigenvalue weighted by molar-refractivity contribution is -0.0292. The molecule has 0 aromatic heterocycles. The topological polar surface area (TPSA) is 36.9 Å². The monoisotopic (exact) mass is 528 g/mol. The van der Waals surface area contributed by atoms with Gasteiger partial charge in [-0.25, -0.2) is 0 Å². The van der Waals surface area contributed by atoms with Crippen LogP contribution < -0.4 is 10.4 Å². The minimum absolute atomic E-state index is 0.0500. The summed E-state index contributed by atoms with van der Waals surface area (Å²) in [5, 5.41) is 2.46. The lowest BCUT2D eigenvalue weighted by atomic mass is 10.2. The van der Waals surface area contributed by atoms with Crippen LogP contribution >= 0.6 is 22.6 Å². The van der Waals surface area contributed by atoms with E-state index >= 15 is 0 Å². The molecule has 0 aliphatic carbocycles. The fraction of sp³-hybridized carbons (Fsp3) is 0.478. The quantitative estimate of drug-likeness (QED) is 0.130. The third-order valence-electron chi connectivity index (χ3n) is 4.74. The lowest BCUT2D eigenvalue weighted by Gasteiger charge is -2.42. The average molecular weight is 529 g/mol. The van der Waals surface area contributed by atoms with Crippen molar-refractivity contribution in [2.75, 3.05) is 44.3 Å². The molecule has 6 heteroatoms. The van der Waals surface area contributed by atoms with Crippen molar-refractivity contribution in [3.63, 3.8) is 0 Å². The molecule has 0 unspecified atom stereocenters. The predicted molar refractivity (Wildman–Crippen MR) is 130 cm³/mol. The fourth-order valence-electron chi connectivity index (χ4n) is 3.44. The van der Waals surface area contributed by atoms with E-state index in [9.17, 15) is 0 Å². The van der Waals surface area contributed by atoms with Gasteiger partial charge in [-0.2, -0.15) is 0 Å². The van der Waals surface area contributed by atoms with Gasteiger partial charge in [0.05, 0.1) is 33.0 Å². The van der Waals surface area contributed by atoms with Gasteiger partial charge in [-0.3, -0.25) is 0 Å². The molecule has 2 rings (SSSR count). The molecule has 0 spiro atoms. The van der Waals surface area contributed by atoms with E-state index in [2.05, 4.69) is 91.9 Å². The zero-order valence-electron chi connectivity index (χ0n) is 17.7. The Morgan fingerprint density at radius 3 is 1.59 bits per heavy atom. The van der Waals surface area contributed by atoms with Gasteiger partial charge in [0.1, 0.15) is 6.79 Å². The Bertz CT molecular complexity index is 637. The van der Waals surface area contributed by atoms with Gasteiger partial charge >= 0.3 is 0 Å². The molecule has 0 atom stereocenters. The third-order valence-corrected chi connectivity index (χ3v) is 10.1. The molecule has 0 fully saturated rings. The zero-order valence-corrected chi connectivity index (χ0v) is 20.9. The molecule has 160 valence electrons. The second-order valence-electron chi connectivity index (χ2n) is 7.75. The first-order valence-electron chi connectivity index (χ1n) is 10.1. The third kappa shape index (κ3) is 7.15. The van der Waals surface area contributed by atoms with Crippen LogP contribution in [-0.4, -0.2) is 52.6 Å². The maximum absolute atomic E-state index is 6.66. The summed E-state index contributed by atoms with van der Waals surface area (Å²) in [5.41, 5.74) is 0. The summed E-state index contributed by atoms with van der Waals surface area (Å²) in [7, 11) is -2.53. The maximum Gasteiger partial charge on any atom is 0.264 e. The predicted octanol–water partition coefficient (Wildman–Crippen LogP) is 4.01. The van der Waals surface area contributed by atoms with E-state index in [1.165, 1.54) is 10.4 Å². The van der Waals surface area contributed by atoms with Crippen molar-refractivity contribution in [3.05, 3.63) is 60.7 Å². The van der Waals surface area contributed by atoms with Crippen molar-refractivity contribution in [1.29, 1.82) is 0 Å². The van der Waals surface area contributed by atoms with Crippen LogP contribution in [0.2, 0.25) is 5.04 Å². The highest BCUT2D eigenvalue weighted by Gasteiger charge is 2.50. The number of hydrogen-bond donors (Lipinski definition) is 0. The Balaban J connectivity index is 2.00. The number of benzene rings is 2. The van der Waals surface area contributed by atoms with E-state index in [1.54, 1.807) is 0 Å². The van der Waals surface area contributed by atoms with Crippen LogP contribution in [0.4, 0.5) is 0 Å². The maximum atomic E-state index is 6.66. The van der Waals surface area contributed by atoms with Crippen LogP contribution in [0, 0.1) is 0 Å². The minimum atomic E-state index is -2.53. The Morgan fingerprint density at radius 2 is 1.14 bits per heavy atom. The van der Waals surface area contributed by atoms with Crippen molar-refractivity contribution in [1.82, 2.24) is 0 Å². The van der Waals surface area contributed by atoms with E-state index in [0.29, 0.717) is 26.4 Å². The van der Waals surface area contributed by atoms with Gasteiger partial charge in [-0.05, 0) is 15.4 Å². The summed E-state index contributed by atoms with van der Waals surface area (Å²) in [6, 6.07) is 21.2. The van der Waals surface area contributed by atoms with Crippen LogP contribution in [0.15, 0.2) is 60.7 Å². The van der Waals surface area contributed by atoms with E-state index < -0.39 is 8.32 Å². The van der Waals surface area contributed by atoms with Crippen LogP contribution in [-0.2, 0) is 18.6 Å². The molecular formula is C23H33IO4Si. The lowest BCUT2D eigenvalue weighted by Crippen LogP contribution is -2.66. The standard InChI is InChI=1S/C23H33IO4Si/c1-23(2,3)29(21-10-6-4-7-11-21,22-12-8-5-9-13-22)28-20-27-19-18-26-17-16-25-15-14-24/h4-13H,14-20H2,1-3H3. The molecule has 0 bridgehead atoms. The molecule has 29 heavy (non-hydrogen) atoms. The summed E-state index contributed by atoms with van der Waals surface area (Å²) in [6.45, 7) is 10.1. The van der Waals surface area contributed by atoms with Crippen molar-refractivity contribution in [2.24, 2.45) is 0 Å². The Labute approximate surface area is 190 Å². The summed E-state index contributed by atoms with van der Waals surface area (Å²) in [5.74, 6) is 0. The zero-order chi connectivity index (χ0) is 21.0. The molecule has 0 aliphatic rings. The molecule has 2 aromatic carbocycles. The van der Waals surface area contributed by atoms with Crippen LogP contribution in [0.25, 0.3) is 0 Å². The first kappa shape index (κ1) is 24.5. The molecule has 0 N–H and O–H groups in total. The van der Waals surface area contributed by atoms with Crippen LogP contribution in [0.3, 0.4) is 0 Å². The normalized spacial score (nSPS) is 12.3. The van der Waals surface area contributed by atoms with Crippen molar-refractivity contribution >= 4 is 41.3 Å². The van der Waals surface area contributed by atoms with E-state index in [0.717, 1.165) is 11.0 Å². The van der Waals surface area contributed by atoms with Gasteiger partial charge in [-0.15, -0.1) is 0 Å². The minimum Gasteiger partial charge on any atom is -0.385 e. The second-order valence-corrected chi connectivity index (χ2v) is 13.1. The SMILES string of the molecule is CC(C)(C)[Si](OCOCCOCCOCCI)(c1ccccc1)c1ccccc1. The number of hydrogen-bond acceptors (Lipinski definition) is 4. The number of halogens is 1. The molecule has 0 aliphatic heterocycles. The average Bonchev–Trinajstić information content (AvgIpc) is 2.72. The van der Waals surface area contributed by atoms with Gasteiger partial charge in [0, 0.05) is 4.43 Å². The molecular weight excluding hydrogens is 495 g/mol. The number of rotatable bonds is 13. The van der Waals surface area contributed by atoms with Crippen LogP contribution in [0.5, 0.6) is 0 Å². The number of ether oxygens (including phenoxy) is 3. The van der Waals surface area contributed by atoms with E-state index in [4.69, 9.17) is 18.6 Å². The number of alkyl halides is 1. The Morgan fingerprint density at radius 1 is 0.690 bits per heavy atom. The van der Waals surface area contributed by atoms with Gasteiger partial charge in [0.15, 0.2) is 0 Å². The molecule has 4 nitrogen and oxygen atoms in total. The largest absolute Gasteiger partial charge is 0.385 e. The molecule has 2 aromatic rings. The van der Waals surface area contributed by atoms with Crippen LogP contribution in [0.1, 0.15) is 20.8 Å². The van der Waals surface area contributed by atoms with Gasteiger partial charge < -0.3 is 18.6 Å². The van der Waals surface area contributed by atoms with Crippen molar-refractivity contribution < 1.29 is 18.6 Å². The van der Waals surface area contributed by atoms with Crippen molar-refractivity contribution in [2.45, 2.75) is 25.8 Å². The second kappa shape index (κ2) is 12.8. The molecule has 0 saturated heterocycles. The first-order chi connectivity index (χ1) is 14.0. The van der Waals surface area contributed by atoms with E-state index in [1.807, 2.05) is 12.1 Å². The molecule has 0 saturated carbocycles. The van der Waals surface area contributed by atoms with Gasteiger partial charge in [0.2, 0.25) is 0 Å². The van der Waals surface area contributed by atoms with Crippen molar-refractivity contribution in [3.8, 4) is 0 Å². The van der Waals surface area contributed by atoms with Gasteiger partial charge in [-0.1, -0.05) is 104 Å². The summed E-state index contributed by atoms with van der Waals surface area (Å²) in [4.78, 5) is 0. The van der Waals surface area contributed by atoms with E-state index in [-0.39, 0.29) is 11.8 Å². The first-order valence-corrected chi connectivity index (χ1v) is 13.5. The highest BCUT2D eigenvalue weighted by Crippen LogP contribution is 2.36. The molecule has 0 heterocycles. The Kier molecular flexibility index (Phi) is 10.8.